The smallest absolute Gasteiger partial charge is 0.0367 e. The summed E-state index contributed by atoms with van der Waals surface area (Å²) in [5.74, 6) is 2.13. The summed E-state index contributed by atoms with van der Waals surface area (Å²) in [6.07, 6.45) is 13.2. The molecule has 1 aliphatic heterocycles. The zero-order valence-electron chi connectivity index (χ0n) is 10.4. The van der Waals surface area contributed by atoms with Gasteiger partial charge in [0.25, 0.3) is 0 Å². The van der Waals surface area contributed by atoms with Gasteiger partial charge in [-0.15, -0.1) is 0 Å². The van der Waals surface area contributed by atoms with E-state index in [0.29, 0.717) is 0 Å². The predicted molar refractivity (Wildman–Crippen MR) is 70.8 cm³/mol. The molecule has 2 aliphatic rings. The van der Waals surface area contributed by atoms with Crippen molar-refractivity contribution in [2.45, 2.75) is 70.0 Å². The van der Waals surface area contributed by atoms with E-state index >= 15 is 0 Å². The Morgan fingerprint density at radius 2 is 1.93 bits per heavy atom. The summed E-state index contributed by atoms with van der Waals surface area (Å²) in [5.41, 5.74) is 0. The van der Waals surface area contributed by atoms with Crippen LogP contribution in [0.1, 0.15) is 51.9 Å². The molecule has 0 spiro atoms. The molecule has 0 aromatic carbocycles. The first-order valence-electron chi connectivity index (χ1n) is 7.23. The van der Waals surface area contributed by atoms with Crippen LogP contribution in [0.5, 0.6) is 0 Å². The van der Waals surface area contributed by atoms with Crippen LogP contribution in [0.15, 0.2) is 0 Å². The lowest BCUT2D eigenvalue weighted by atomic mass is 9.77. The Balaban J connectivity index is 1.72. The molecule has 0 amide bonds. The van der Waals surface area contributed by atoms with Crippen molar-refractivity contribution in [3.05, 3.63) is 6.42 Å². The highest BCUT2D eigenvalue weighted by Gasteiger charge is 2.28. The largest absolute Gasteiger partial charge is 0.0657 e. The topological polar surface area (TPSA) is 0 Å². The first kappa shape index (κ1) is 11.7. The van der Waals surface area contributed by atoms with Gasteiger partial charge in [-0.3, -0.25) is 0 Å². The minimum Gasteiger partial charge on any atom is -0.0657 e. The van der Waals surface area contributed by atoms with Gasteiger partial charge in [-0.25, -0.2) is 0 Å². The van der Waals surface area contributed by atoms with Crippen molar-refractivity contribution in [1.29, 1.82) is 0 Å². The molecule has 87 valence electrons. The minimum atomic E-state index is -0.233. The van der Waals surface area contributed by atoms with E-state index in [2.05, 4.69) is 13.3 Å². The van der Waals surface area contributed by atoms with E-state index < -0.39 is 0 Å². The third-order valence-electron chi connectivity index (χ3n) is 4.65. The van der Waals surface area contributed by atoms with Gasteiger partial charge in [0.2, 0.25) is 0 Å². The summed E-state index contributed by atoms with van der Waals surface area (Å²) < 4.78 is 0. The molecule has 1 saturated carbocycles. The van der Waals surface area contributed by atoms with Gasteiger partial charge in [0, 0.05) is 8.80 Å². The third kappa shape index (κ3) is 3.34. The van der Waals surface area contributed by atoms with Crippen LogP contribution in [0.3, 0.4) is 0 Å². The number of hydrogen-bond acceptors (Lipinski definition) is 0. The fourth-order valence-electron chi connectivity index (χ4n) is 3.72. The summed E-state index contributed by atoms with van der Waals surface area (Å²) in [7, 11) is -0.233. The Morgan fingerprint density at radius 1 is 1.13 bits per heavy atom. The second-order valence-corrected chi connectivity index (χ2v) is 9.22. The van der Waals surface area contributed by atoms with Crippen LogP contribution in [0.4, 0.5) is 0 Å². The molecule has 0 nitrogen and oxygen atoms in total. The van der Waals surface area contributed by atoms with Gasteiger partial charge in [0.05, 0.1) is 0 Å². The first-order valence-corrected chi connectivity index (χ1v) is 9.68. The highest BCUT2D eigenvalue weighted by atomic mass is 28.3. The molecule has 1 heterocycles. The van der Waals surface area contributed by atoms with Crippen LogP contribution >= 0.6 is 0 Å². The molecular formula is C14H27Si. The van der Waals surface area contributed by atoms with Crippen LogP contribution in [-0.2, 0) is 0 Å². The molecule has 1 aliphatic carbocycles. The molecular weight excluding hydrogens is 196 g/mol. The lowest BCUT2D eigenvalue weighted by Crippen LogP contribution is -2.27. The van der Waals surface area contributed by atoms with Crippen LogP contribution in [0.25, 0.3) is 0 Å². The second kappa shape index (κ2) is 6.08. The standard InChI is InChI=1S/C14H27Si/c1-2-10-15-11-8-14(9-12-15)13-6-4-3-5-7-13/h6,13-15H,2-5,7-12H2,1H3/t13?,14-,15-. The molecule has 1 saturated heterocycles. The van der Waals surface area contributed by atoms with E-state index in [0.717, 1.165) is 11.8 Å². The predicted octanol–water partition coefficient (Wildman–Crippen LogP) is 4.43. The summed E-state index contributed by atoms with van der Waals surface area (Å²) in [5, 5.41) is 0. The summed E-state index contributed by atoms with van der Waals surface area (Å²) in [4.78, 5) is 0. The van der Waals surface area contributed by atoms with Gasteiger partial charge >= 0.3 is 0 Å². The van der Waals surface area contributed by atoms with E-state index in [-0.39, 0.29) is 8.80 Å². The maximum Gasteiger partial charge on any atom is 0.0367 e. The normalized spacial score (nSPS) is 34.2. The number of hydrogen-bond donors (Lipinski definition) is 0. The van der Waals surface area contributed by atoms with Crippen molar-refractivity contribution >= 4 is 8.80 Å². The van der Waals surface area contributed by atoms with Crippen molar-refractivity contribution in [2.24, 2.45) is 11.8 Å². The summed E-state index contributed by atoms with van der Waals surface area (Å²) in [6, 6.07) is 4.97. The van der Waals surface area contributed by atoms with Gasteiger partial charge in [0.1, 0.15) is 0 Å². The maximum absolute atomic E-state index is 2.66. The lowest BCUT2D eigenvalue weighted by Gasteiger charge is -2.35. The van der Waals surface area contributed by atoms with Gasteiger partial charge in [-0.1, -0.05) is 57.2 Å². The monoisotopic (exact) mass is 223 g/mol. The molecule has 1 heteroatoms. The first-order chi connectivity index (χ1) is 7.40. The molecule has 2 rings (SSSR count). The summed E-state index contributed by atoms with van der Waals surface area (Å²) >= 11 is 0. The Labute approximate surface area is 97.4 Å². The highest BCUT2D eigenvalue weighted by Crippen LogP contribution is 2.38. The van der Waals surface area contributed by atoms with Crippen LogP contribution in [0.2, 0.25) is 18.1 Å². The van der Waals surface area contributed by atoms with Crippen LogP contribution in [-0.4, -0.2) is 8.80 Å². The Bertz CT molecular complexity index is 164. The fourth-order valence-corrected chi connectivity index (χ4v) is 7.20. The van der Waals surface area contributed by atoms with Gasteiger partial charge in [-0.2, -0.15) is 0 Å². The molecule has 2 fully saturated rings. The van der Waals surface area contributed by atoms with Gasteiger partial charge < -0.3 is 0 Å². The maximum atomic E-state index is 2.66. The molecule has 15 heavy (non-hydrogen) atoms. The molecule has 0 N–H and O–H groups in total. The molecule has 1 atom stereocenters. The van der Waals surface area contributed by atoms with E-state index in [9.17, 15) is 0 Å². The van der Waals surface area contributed by atoms with Crippen molar-refractivity contribution in [3.63, 3.8) is 0 Å². The average Bonchev–Trinajstić information content (AvgIpc) is 2.32. The fraction of sp³-hybridized carbons (Fsp3) is 0.929. The highest BCUT2D eigenvalue weighted by molar-refractivity contribution is 6.58. The molecule has 1 radical (unpaired) electrons. The third-order valence-corrected chi connectivity index (χ3v) is 8.35. The van der Waals surface area contributed by atoms with Crippen LogP contribution in [0, 0.1) is 18.3 Å². The minimum absolute atomic E-state index is 0.233. The zero-order chi connectivity index (χ0) is 10.5. The second-order valence-electron chi connectivity index (χ2n) is 5.75. The Kier molecular flexibility index (Phi) is 4.74. The Morgan fingerprint density at radius 3 is 2.53 bits per heavy atom. The summed E-state index contributed by atoms with van der Waals surface area (Å²) in [6.45, 7) is 2.37. The van der Waals surface area contributed by atoms with Crippen LogP contribution < -0.4 is 0 Å². The van der Waals surface area contributed by atoms with Gasteiger partial charge in [-0.05, 0) is 31.1 Å². The molecule has 0 aromatic rings. The Hall–Kier alpha value is 0.217. The van der Waals surface area contributed by atoms with Crippen molar-refractivity contribution in [2.75, 3.05) is 0 Å². The lowest BCUT2D eigenvalue weighted by molar-refractivity contribution is 0.286. The van der Waals surface area contributed by atoms with E-state index in [4.69, 9.17) is 0 Å². The van der Waals surface area contributed by atoms with Crippen molar-refractivity contribution in [3.8, 4) is 0 Å². The van der Waals surface area contributed by atoms with E-state index in [1.807, 2.05) is 0 Å². The number of rotatable bonds is 3. The zero-order valence-corrected chi connectivity index (χ0v) is 11.5. The quantitative estimate of drug-likeness (QED) is 0.621. The van der Waals surface area contributed by atoms with Crippen molar-refractivity contribution in [1.82, 2.24) is 0 Å². The molecule has 0 aromatic heterocycles. The van der Waals surface area contributed by atoms with E-state index in [1.54, 1.807) is 31.0 Å². The molecule has 0 bridgehead atoms. The molecule has 1 unspecified atom stereocenters. The SMILES string of the molecule is CCC[Si@H]1CC[C@H](C2[CH]CCCC2)CC1. The van der Waals surface area contributed by atoms with E-state index in [1.165, 1.54) is 32.1 Å². The van der Waals surface area contributed by atoms with Gasteiger partial charge in [0.15, 0.2) is 0 Å². The average molecular weight is 223 g/mol. The van der Waals surface area contributed by atoms with Crippen molar-refractivity contribution < 1.29 is 0 Å².